The summed E-state index contributed by atoms with van der Waals surface area (Å²) in [5.41, 5.74) is 1.70. The molecule has 3 aromatic rings. The molecule has 0 saturated heterocycles. The Kier molecular flexibility index (Phi) is 3.47. The number of rotatable bonds is 2. The first-order valence-corrected chi connectivity index (χ1v) is 6.74. The minimum atomic E-state index is -0.316. The van der Waals surface area contributed by atoms with E-state index in [2.05, 4.69) is 9.97 Å². The van der Waals surface area contributed by atoms with Crippen molar-refractivity contribution >= 4 is 22.5 Å². The normalized spacial score (nSPS) is 10.9. The fourth-order valence-corrected chi connectivity index (χ4v) is 2.40. The Hall–Kier alpha value is -2.20. The maximum atomic E-state index is 13.7. The first-order chi connectivity index (χ1) is 10.1. The van der Waals surface area contributed by atoms with E-state index >= 15 is 0 Å². The Morgan fingerprint density at radius 3 is 2.67 bits per heavy atom. The lowest BCUT2D eigenvalue weighted by Gasteiger charge is -2.09. The van der Waals surface area contributed by atoms with Gasteiger partial charge in [-0.3, -0.25) is 0 Å². The van der Waals surface area contributed by atoms with Gasteiger partial charge in [-0.25, -0.2) is 14.4 Å². The van der Waals surface area contributed by atoms with E-state index in [1.165, 1.54) is 6.07 Å². The van der Waals surface area contributed by atoms with Gasteiger partial charge in [0.2, 0.25) is 0 Å². The van der Waals surface area contributed by atoms with Gasteiger partial charge in [-0.05, 0) is 30.7 Å². The molecule has 0 atom stereocenters. The van der Waals surface area contributed by atoms with Crippen LogP contribution in [0, 0.1) is 12.7 Å². The number of para-hydroxylation sites is 1. The third-order valence-electron chi connectivity index (χ3n) is 3.28. The van der Waals surface area contributed by atoms with E-state index in [1.54, 1.807) is 20.1 Å². The zero-order valence-corrected chi connectivity index (χ0v) is 12.3. The van der Waals surface area contributed by atoms with Gasteiger partial charge in [0.15, 0.2) is 5.82 Å². The van der Waals surface area contributed by atoms with Crippen LogP contribution in [0.25, 0.3) is 22.3 Å². The van der Waals surface area contributed by atoms with Crippen molar-refractivity contribution in [3.8, 4) is 17.1 Å². The van der Waals surface area contributed by atoms with Crippen molar-refractivity contribution in [1.82, 2.24) is 9.97 Å². The number of ether oxygens (including phenoxy) is 1. The van der Waals surface area contributed by atoms with Crippen molar-refractivity contribution in [3.05, 3.63) is 52.9 Å². The highest BCUT2D eigenvalue weighted by Gasteiger charge is 2.13. The number of aromatic nitrogens is 2. The van der Waals surface area contributed by atoms with Crippen LogP contribution in [0.15, 0.2) is 36.4 Å². The molecule has 0 aliphatic rings. The first kappa shape index (κ1) is 13.8. The minimum absolute atomic E-state index is 0.295. The van der Waals surface area contributed by atoms with E-state index in [9.17, 15) is 4.39 Å². The molecular weight excluding hydrogens is 291 g/mol. The predicted octanol–water partition coefficient (Wildman–Crippen LogP) is 4.41. The third kappa shape index (κ3) is 2.43. The molecule has 0 amide bonds. The fourth-order valence-electron chi connectivity index (χ4n) is 2.17. The molecule has 0 aliphatic carbocycles. The van der Waals surface area contributed by atoms with Crippen LogP contribution >= 0.6 is 11.6 Å². The number of benzene rings is 2. The van der Waals surface area contributed by atoms with Gasteiger partial charge in [-0.2, -0.15) is 0 Å². The molecule has 106 valence electrons. The largest absolute Gasteiger partial charge is 0.496 e. The highest BCUT2D eigenvalue weighted by molar-refractivity contribution is 6.34. The van der Waals surface area contributed by atoms with Gasteiger partial charge in [-0.15, -0.1) is 0 Å². The Morgan fingerprint density at radius 1 is 1.14 bits per heavy atom. The standard InChI is InChI=1S/C16H12ClFN2O/c1-9-7-11-13(8-12(9)18)19-16(20-15(11)17)10-5-3-4-6-14(10)21-2/h3-8H,1-2H3. The maximum absolute atomic E-state index is 13.7. The zero-order chi connectivity index (χ0) is 15.0. The van der Waals surface area contributed by atoms with E-state index < -0.39 is 0 Å². The predicted molar refractivity (Wildman–Crippen MR) is 81.2 cm³/mol. The van der Waals surface area contributed by atoms with Gasteiger partial charge in [0.05, 0.1) is 18.2 Å². The van der Waals surface area contributed by atoms with Gasteiger partial charge >= 0.3 is 0 Å². The van der Waals surface area contributed by atoms with Gasteiger partial charge in [0, 0.05) is 11.5 Å². The van der Waals surface area contributed by atoms with E-state index in [4.69, 9.17) is 16.3 Å². The molecule has 3 rings (SSSR count). The number of hydrogen-bond donors (Lipinski definition) is 0. The molecule has 3 nitrogen and oxygen atoms in total. The quantitative estimate of drug-likeness (QED) is 0.658. The maximum Gasteiger partial charge on any atom is 0.165 e. The summed E-state index contributed by atoms with van der Waals surface area (Å²) in [6.07, 6.45) is 0. The lowest BCUT2D eigenvalue weighted by atomic mass is 10.1. The van der Waals surface area contributed by atoms with Crippen molar-refractivity contribution in [2.24, 2.45) is 0 Å². The molecule has 1 aromatic heterocycles. The molecule has 5 heteroatoms. The molecule has 2 aromatic carbocycles. The van der Waals surface area contributed by atoms with Crippen LogP contribution in [0.1, 0.15) is 5.56 Å². The lowest BCUT2D eigenvalue weighted by molar-refractivity contribution is 0.416. The Labute approximate surface area is 126 Å². The van der Waals surface area contributed by atoms with Gasteiger partial charge < -0.3 is 4.74 Å². The van der Waals surface area contributed by atoms with Gasteiger partial charge in [0.25, 0.3) is 0 Å². The van der Waals surface area contributed by atoms with Crippen LogP contribution in [0.4, 0.5) is 4.39 Å². The fraction of sp³-hybridized carbons (Fsp3) is 0.125. The summed E-state index contributed by atoms with van der Waals surface area (Å²) in [5, 5.41) is 0.929. The molecule has 0 aliphatic heterocycles. The molecule has 0 bridgehead atoms. The number of methoxy groups -OCH3 is 1. The molecule has 0 N–H and O–H groups in total. The van der Waals surface area contributed by atoms with E-state index in [0.29, 0.717) is 38.8 Å². The lowest BCUT2D eigenvalue weighted by Crippen LogP contribution is -1.96. The molecular formula is C16H12ClFN2O. The number of nitrogens with zero attached hydrogens (tertiary/aromatic N) is 2. The summed E-state index contributed by atoms with van der Waals surface area (Å²) in [6, 6.07) is 10.4. The number of hydrogen-bond acceptors (Lipinski definition) is 3. The van der Waals surface area contributed by atoms with Crippen molar-refractivity contribution in [2.45, 2.75) is 6.92 Å². The smallest absolute Gasteiger partial charge is 0.165 e. The van der Waals surface area contributed by atoms with Crippen molar-refractivity contribution < 1.29 is 9.13 Å². The minimum Gasteiger partial charge on any atom is -0.496 e. The van der Waals surface area contributed by atoms with E-state index in [0.717, 1.165) is 0 Å². The molecule has 1 heterocycles. The van der Waals surface area contributed by atoms with Gasteiger partial charge in [0.1, 0.15) is 16.7 Å². The summed E-state index contributed by atoms with van der Waals surface area (Å²) >= 11 is 6.22. The average Bonchev–Trinajstić information content (AvgIpc) is 2.49. The van der Waals surface area contributed by atoms with Gasteiger partial charge in [-0.1, -0.05) is 23.7 Å². The number of halogens is 2. The van der Waals surface area contributed by atoms with Crippen LogP contribution in [0.5, 0.6) is 5.75 Å². The second-order valence-electron chi connectivity index (χ2n) is 4.66. The monoisotopic (exact) mass is 302 g/mol. The molecule has 21 heavy (non-hydrogen) atoms. The summed E-state index contributed by atoms with van der Waals surface area (Å²) < 4.78 is 19.0. The van der Waals surface area contributed by atoms with Crippen LogP contribution in [-0.2, 0) is 0 Å². The Bertz CT molecular complexity index is 836. The summed E-state index contributed by atoms with van der Waals surface area (Å²) in [7, 11) is 1.57. The molecule has 0 unspecified atom stereocenters. The topological polar surface area (TPSA) is 35.0 Å². The van der Waals surface area contributed by atoms with Crippen molar-refractivity contribution in [2.75, 3.05) is 7.11 Å². The van der Waals surface area contributed by atoms with Crippen molar-refractivity contribution in [1.29, 1.82) is 0 Å². The van der Waals surface area contributed by atoms with Crippen LogP contribution < -0.4 is 4.74 Å². The molecule has 0 spiro atoms. The second-order valence-corrected chi connectivity index (χ2v) is 5.01. The number of fused-ring (bicyclic) bond motifs is 1. The van der Waals surface area contributed by atoms with E-state index in [1.807, 2.05) is 24.3 Å². The van der Waals surface area contributed by atoms with Crippen LogP contribution in [-0.4, -0.2) is 17.1 Å². The summed E-state index contributed by atoms with van der Waals surface area (Å²) in [6.45, 7) is 1.68. The highest BCUT2D eigenvalue weighted by atomic mass is 35.5. The Balaban J connectivity index is 2.27. The SMILES string of the molecule is COc1ccccc1-c1nc(Cl)c2cc(C)c(F)cc2n1. The van der Waals surface area contributed by atoms with Crippen LogP contribution in [0.3, 0.4) is 0 Å². The van der Waals surface area contributed by atoms with E-state index in [-0.39, 0.29) is 5.82 Å². The molecule has 0 radical (unpaired) electrons. The summed E-state index contributed by atoms with van der Waals surface area (Å²) in [4.78, 5) is 8.70. The molecule has 0 fully saturated rings. The Morgan fingerprint density at radius 2 is 1.90 bits per heavy atom. The van der Waals surface area contributed by atoms with Crippen molar-refractivity contribution in [3.63, 3.8) is 0 Å². The average molecular weight is 303 g/mol. The number of aryl methyl sites for hydroxylation is 1. The highest BCUT2D eigenvalue weighted by Crippen LogP contribution is 2.31. The zero-order valence-electron chi connectivity index (χ0n) is 11.5. The summed E-state index contributed by atoms with van der Waals surface area (Å²) in [5.74, 6) is 0.733. The third-order valence-corrected chi connectivity index (χ3v) is 3.57. The molecule has 0 saturated carbocycles. The van der Waals surface area contributed by atoms with Crippen LogP contribution in [0.2, 0.25) is 5.15 Å². The second kappa shape index (κ2) is 5.30. The first-order valence-electron chi connectivity index (χ1n) is 6.37.